The molecule has 1 aliphatic heterocycles. The number of ether oxygens (including phenoxy) is 2. The lowest BCUT2D eigenvalue weighted by Gasteiger charge is -2.27. The SMILES string of the molecule is COc1ccc(OC)c(C2CCCN2C(=O)CNC(=O)c2ccc(F)cc2)c1. The third-order valence-electron chi connectivity index (χ3n) is 4.88. The summed E-state index contributed by atoms with van der Waals surface area (Å²) in [6, 6.07) is 10.6. The number of likely N-dealkylation sites (tertiary alicyclic amines) is 1. The van der Waals surface area contributed by atoms with Gasteiger partial charge in [-0.05, 0) is 55.3 Å². The normalized spacial score (nSPS) is 16.0. The number of nitrogens with zero attached hydrogens (tertiary/aromatic N) is 1. The molecule has 0 spiro atoms. The van der Waals surface area contributed by atoms with Crippen molar-refractivity contribution < 1.29 is 23.5 Å². The maximum Gasteiger partial charge on any atom is 0.251 e. The van der Waals surface area contributed by atoms with Crippen LogP contribution in [0.4, 0.5) is 4.39 Å². The number of hydrogen-bond acceptors (Lipinski definition) is 4. The van der Waals surface area contributed by atoms with Crippen molar-refractivity contribution in [3.05, 3.63) is 59.4 Å². The first-order chi connectivity index (χ1) is 13.5. The molecule has 1 heterocycles. The van der Waals surface area contributed by atoms with E-state index in [1.54, 1.807) is 19.1 Å². The van der Waals surface area contributed by atoms with Crippen LogP contribution in [0.2, 0.25) is 0 Å². The van der Waals surface area contributed by atoms with Crippen molar-refractivity contribution in [2.45, 2.75) is 18.9 Å². The summed E-state index contributed by atoms with van der Waals surface area (Å²) in [6.45, 7) is 0.481. The smallest absolute Gasteiger partial charge is 0.251 e. The van der Waals surface area contributed by atoms with Gasteiger partial charge in [-0.2, -0.15) is 0 Å². The Labute approximate surface area is 163 Å². The van der Waals surface area contributed by atoms with Crippen LogP contribution in [-0.4, -0.2) is 44.0 Å². The van der Waals surface area contributed by atoms with Crippen LogP contribution in [0.25, 0.3) is 0 Å². The number of benzene rings is 2. The third kappa shape index (κ3) is 4.24. The molecule has 1 unspecified atom stereocenters. The first kappa shape index (κ1) is 19.7. The molecule has 1 fully saturated rings. The summed E-state index contributed by atoms with van der Waals surface area (Å²) in [7, 11) is 3.18. The van der Waals surface area contributed by atoms with Crippen LogP contribution >= 0.6 is 0 Å². The molecule has 0 bridgehead atoms. The first-order valence-corrected chi connectivity index (χ1v) is 9.08. The number of methoxy groups -OCH3 is 2. The zero-order chi connectivity index (χ0) is 20.1. The van der Waals surface area contributed by atoms with Gasteiger partial charge in [-0.1, -0.05) is 0 Å². The minimum atomic E-state index is -0.417. The van der Waals surface area contributed by atoms with Gasteiger partial charge in [0.25, 0.3) is 5.91 Å². The Morgan fingerprint density at radius 3 is 2.57 bits per heavy atom. The third-order valence-corrected chi connectivity index (χ3v) is 4.88. The van der Waals surface area contributed by atoms with Crippen molar-refractivity contribution >= 4 is 11.8 Å². The lowest BCUT2D eigenvalue weighted by atomic mass is 10.0. The fourth-order valence-corrected chi connectivity index (χ4v) is 3.45. The second-order valence-electron chi connectivity index (χ2n) is 6.54. The van der Waals surface area contributed by atoms with E-state index in [-0.39, 0.29) is 18.5 Å². The van der Waals surface area contributed by atoms with E-state index in [2.05, 4.69) is 5.32 Å². The maximum atomic E-state index is 13.0. The highest BCUT2D eigenvalue weighted by atomic mass is 19.1. The molecule has 1 N–H and O–H groups in total. The topological polar surface area (TPSA) is 67.9 Å². The number of nitrogens with one attached hydrogen (secondary N) is 1. The average molecular weight is 386 g/mol. The summed E-state index contributed by atoms with van der Waals surface area (Å²) >= 11 is 0. The zero-order valence-corrected chi connectivity index (χ0v) is 15.9. The predicted molar refractivity (Wildman–Crippen MR) is 102 cm³/mol. The number of carbonyl (C=O) groups excluding carboxylic acids is 2. The monoisotopic (exact) mass is 386 g/mol. The summed E-state index contributed by atoms with van der Waals surface area (Å²) < 4.78 is 23.7. The molecule has 7 heteroatoms. The van der Waals surface area contributed by atoms with E-state index in [1.165, 1.54) is 24.3 Å². The van der Waals surface area contributed by atoms with Gasteiger partial charge >= 0.3 is 0 Å². The van der Waals surface area contributed by atoms with Crippen LogP contribution < -0.4 is 14.8 Å². The highest BCUT2D eigenvalue weighted by Crippen LogP contribution is 2.38. The molecule has 148 valence electrons. The van der Waals surface area contributed by atoms with E-state index >= 15 is 0 Å². The van der Waals surface area contributed by atoms with Crippen LogP contribution in [0.15, 0.2) is 42.5 Å². The molecule has 1 saturated heterocycles. The predicted octanol–water partition coefficient (Wildman–Crippen LogP) is 2.94. The summed E-state index contributed by atoms with van der Waals surface area (Å²) in [6.07, 6.45) is 1.67. The van der Waals surface area contributed by atoms with Crippen molar-refractivity contribution in [1.82, 2.24) is 10.2 Å². The van der Waals surface area contributed by atoms with Crippen molar-refractivity contribution in [3.63, 3.8) is 0 Å². The van der Waals surface area contributed by atoms with Gasteiger partial charge in [-0.3, -0.25) is 9.59 Å². The molecule has 1 atom stereocenters. The molecule has 0 aromatic heterocycles. The Morgan fingerprint density at radius 1 is 1.14 bits per heavy atom. The summed E-state index contributed by atoms with van der Waals surface area (Å²) in [4.78, 5) is 26.7. The van der Waals surface area contributed by atoms with Crippen molar-refractivity contribution in [1.29, 1.82) is 0 Å². The standard InChI is InChI=1S/C21H23FN2O4/c1-27-16-9-10-19(28-2)17(12-16)18-4-3-11-24(18)20(25)13-23-21(26)14-5-7-15(22)8-6-14/h5-10,12,18H,3-4,11,13H2,1-2H3,(H,23,26). The van der Waals surface area contributed by atoms with Crippen LogP contribution in [-0.2, 0) is 4.79 Å². The fraction of sp³-hybridized carbons (Fsp3) is 0.333. The van der Waals surface area contributed by atoms with Crippen LogP contribution in [0, 0.1) is 5.82 Å². The summed E-state index contributed by atoms with van der Waals surface area (Å²) in [5.74, 6) is 0.381. The Morgan fingerprint density at radius 2 is 1.89 bits per heavy atom. The van der Waals surface area contributed by atoms with Crippen molar-refractivity contribution in [3.8, 4) is 11.5 Å². The van der Waals surface area contributed by atoms with Crippen LogP contribution in [0.3, 0.4) is 0 Å². The van der Waals surface area contributed by atoms with Crippen molar-refractivity contribution in [2.75, 3.05) is 27.3 Å². The number of rotatable bonds is 6. The van der Waals surface area contributed by atoms with E-state index in [9.17, 15) is 14.0 Å². The number of carbonyl (C=O) groups is 2. The molecule has 2 amide bonds. The van der Waals surface area contributed by atoms with E-state index in [0.717, 1.165) is 18.4 Å². The van der Waals surface area contributed by atoms with Crippen LogP contribution in [0.1, 0.15) is 34.8 Å². The molecule has 6 nitrogen and oxygen atoms in total. The quantitative estimate of drug-likeness (QED) is 0.829. The Kier molecular flexibility index (Phi) is 6.13. The van der Waals surface area contributed by atoms with Gasteiger partial charge in [0.2, 0.25) is 5.91 Å². The minimum absolute atomic E-state index is 0.126. The minimum Gasteiger partial charge on any atom is -0.497 e. The second kappa shape index (κ2) is 8.73. The molecule has 2 aromatic rings. The molecule has 2 aromatic carbocycles. The number of hydrogen-bond donors (Lipinski definition) is 1. The van der Waals surface area contributed by atoms with E-state index in [1.807, 2.05) is 18.2 Å². The molecule has 3 rings (SSSR count). The molecule has 0 aliphatic carbocycles. The molecule has 0 saturated carbocycles. The average Bonchev–Trinajstić information content (AvgIpc) is 3.21. The highest BCUT2D eigenvalue weighted by molar-refractivity contribution is 5.96. The molecular formula is C21H23FN2O4. The number of halogens is 1. The Hall–Kier alpha value is -3.09. The van der Waals surface area contributed by atoms with Gasteiger partial charge in [-0.25, -0.2) is 4.39 Å². The fourth-order valence-electron chi connectivity index (χ4n) is 3.45. The molecule has 1 aliphatic rings. The first-order valence-electron chi connectivity index (χ1n) is 9.08. The Balaban J connectivity index is 1.69. The van der Waals surface area contributed by atoms with E-state index in [4.69, 9.17) is 9.47 Å². The van der Waals surface area contributed by atoms with Gasteiger partial charge < -0.3 is 19.7 Å². The van der Waals surface area contributed by atoms with Gasteiger partial charge in [0, 0.05) is 17.7 Å². The highest BCUT2D eigenvalue weighted by Gasteiger charge is 2.32. The van der Waals surface area contributed by atoms with Gasteiger partial charge in [0.1, 0.15) is 17.3 Å². The van der Waals surface area contributed by atoms with Gasteiger partial charge in [0.15, 0.2) is 0 Å². The lowest BCUT2D eigenvalue weighted by Crippen LogP contribution is -2.39. The second-order valence-corrected chi connectivity index (χ2v) is 6.54. The van der Waals surface area contributed by atoms with Crippen LogP contribution in [0.5, 0.6) is 11.5 Å². The number of amides is 2. The zero-order valence-electron chi connectivity index (χ0n) is 15.9. The van der Waals surface area contributed by atoms with Gasteiger partial charge in [0.05, 0.1) is 26.8 Å². The van der Waals surface area contributed by atoms with Crippen molar-refractivity contribution in [2.24, 2.45) is 0 Å². The molecule has 28 heavy (non-hydrogen) atoms. The van der Waals surface area contributed by atoms with E-state index in [0.29, 0.717) is 23.6 Å². The molecular weight excluding hydrogens is 363 g/mol. The summed E-state index contributed by atoms with van der Waals surface area (Å²) in [5.41, 5.74) is 1.19. The van der Waals surface area contributed by atoms with Gasteiger partial charge in [-0.15, -0.1) is 0 Å². The Bertz CT molecular complexity index is 854. The lowest BCUT2D eigenvalue weighted by molar-refractivity contribution is -0.131. The molecule has 0 radical (unpaired) electrons. The van der Waals surface area contributed by atoms with E-state index < -0.39 is 11.7 Å². The summed E-state index contributed by atoms with van der Waals surface area (Å²) in [5, 5.41) is 2.61. The largest absolute Gasteiger partial charge is 0.497 e. The maximum absolute atomic E-state index is 13.0.